The zero-order chi connectivity index (χ0) is 45.1. The number of hydrogen-bond acceptors (Lipinski definition) is 8. The van der Waals surface area contributed by atoms with E-state index in [9.17, 15) is 0 Å². The van der Waals surface area contributed by atoms with Gasteiger partial charge in [-0.05, 0) is 131 Å². The Balaban J connectivity index is 1.30. The Morgan fingerprint density at radius 1 is 0.343 bits per heavy atom. The summed E-state index contributed by atoms with van der Waals surface area (Å²) in [4.78, 5) is 34.0. The van der Waals surface area contributed by atoms with E-state index in [-0.39, 0.29) is 0 Å². The zero-order valence-corrected chi connectivity index (χ0v) is 40.8. The van der Waals surface area contributed by atoms with E-state index in [1.54, 1.807) is 0 Å². The van der Waals surface area contributed by atoms with Gasteiger partial charge in [-0.25, -0.2) is 30.0 Å². The molecule has 0 saturated carbocycles. The smallest absolute Gasteiger partial charge is 0.404 e. The van der Waals surface area contributed by atoms with Crippen molar-refractivity contribution in [1.82, 2.24) is 8.47 Å². The molecule has 0 N–H and O–H groups in total. The van der Waals surface area contributed by atoms with Crippen molar-refractivity contribution in [2.45, 2.75) is 39.3 Å². The highest BCUT2D eigenvalue weighted by Gasteiger charge is 2.56. The fraction of sp³-hybridized carbons (Fsp3) is 0.111. The van der Waals surface area contributed by atoms with Gasteiger partial charge in [-0.1, -0.05) is 97.1 Å². The van der Waals surface area contributed by atoms with Crippen molar-refractivity contribution in [1.29, 1.82) is 0 Å². The van der Waals surface area contributed by atoms with Crippen LogP contribution in [-0.4, -0.2) is 57.3 Å². The molecule has 13 heteroatoms. The van der Waals surface area contributed by atoms with Crippen LogP contribution in [0.1, 0.15) is 22.3 Å². The summed E-state index contributed by atoms with van der Waals surface area (Å²) in [6, 6.07) is 51.7. The zero-order valence-electron chi connectivity index (χ0n) is 37.8. The lowest BCUT2D eigenvalue weighted by atomic mass is 10.0. The molecule has 0 aliphatic carbocycles. The topological polar surface area (TPSA) is 102 Å². The van der Waals surface area contributed by atoms with Crippen LogP contribution in [0.4, 0.5) is 11.6 Å². The largest absolute Gasteiger partial charge is 0.582 e. The van der Waals surface area contributed by atoms with Crippen LogP contribution in [0.2, 0.25) is 39.3 Å². The van der Waals surface area contributed by atoms with Crippen molar-refractivity contribution in [3.8, 4) is 0 Å². The molecule has 4 aliphatic heterocycles. The summed E-state index contributed by atoms with van der Waals surface area (Å²) in [7, 11) is -9.55. The Bertz CT molecular complexity index is 3950. The van der Waals surface area contributed by atoms with Gasteiger partial charge in [-0.2, -0.15) is 0 Å². The Labute approximate surface area is 388 Å². The molecule has 4 aliphatic rings. The highest BCUT2D eigenvalue weighted by Crippen LogP contribution is 2.46. The van der Waals surface area contributed by atoms with E-state index in [2.05, 4.69) is 193 Å². The lowest BCUT2D eigenvalue weighted by Crippen LogP contribution is -2.69. The molecule has 10 aromatic rings. The van der Waals surface area contributed by atoms with Crippen molar-refractivity contribution in [3.05, 3.63) is 179 Å². The molecule has 10 nitrogen and oxygen atoms in total. The molecule has 0 unspecified atom stereocenters. The maximum absolute atomic E-state index is 8.07. The molecule has 0 saturated heterocycles. The van der Waals surface area contributed by atoms with Crippen LogP contribution in [0, 0.1) is 0 Å². The number of benzene rings is 8. The molecule has 14 rings (SSSR count). The quantitative estimate of drug-likeness (QED) is 0.164. The van der Waals surface area contributed by atoms with E-state index in [0.29, 0.717) is 46.0 Å². The van der Waals surface area contributed by atoms with Crippen molar-refractivity contribution >= 4 is 125 Å². The minimum Gasteiger partial charge on any atom is -0.404 e. The second-order valence-electron chi connectivity index (χ2n) is 19.9. The van der Waals surface area contributed by atoms with Gasteiger partial charge in [-0.3, -0.25) is 8.47 Å². The third-order valence-electron chi connectivity index (χ3n) is 13.0. The third-order valence-corrected chi connectivity index (χ3v) is 22.0. The maximum atomic E-state index is 8.07. The Hall–Kier alpha value is -7.27. The molecule has 2 aromatic heterocycles. The van der Waals surface area contributed by atoms with Crippen LogP contribution >= 0.6 is 0 Å². The number of aliphatic imine (C=N–C) groups is 4. The van der Waals surface area contributed by atoms with E-state index < -0.39 is 25.5 Å². The van der Waals surface area contributed by atoms with Crippen LogP contribution in [0.3, 0.4) is 0 Å². The van der Waals surface area contributed by atoms with Gasteiger partial charge in [0.1, 0.15) is 22.6 Å². The SMILES string of the molecule is C[Si](C)(C)O[Si]1(O[Si](C)(C)C)n2c3c4cc5ccccc5cc4c2/N=C2N=C(/N=c4/c5cc6ccccc6cc5/c(n41)=N/C1=NC(=N\3)/c3cc4ccccc4cc31)c1cc3ccccc3cc1\2. The normalized spacial score (nSPS) is 18.4. The lowest BCUT2D eigenvalue weighted by molar-refractivity contribution is 0.340. The minimum atomic E-state index is -4.28. The summed E-state index contributed by atoms with van der Waals surface area (Å²) in [5.74, 6) is 3.60. The Kier molecular flexibility index (Phi) is 7.81. The van der Waals surface area contributed by atoms with Gasteiger partial charge >= 0.3 is 8.88 Å². The van der Waals surface area contributed by atoms with E-state index in [1.165, 1.54) is 0 Å². The van der Waals surface area contributed by atoms with Crippen molar-refractivity contribution in [2.24, 2.45) is 30.0 Å². The average molecular weight is 919 g/mol. The van der Waals surface area contributed by atoms with Crippen LogP contribution in [-0.2, 0) is 8.23 Å². The van der Waals surface area contributed by atoms with Gasteiger partial charge in [0.05, 0.1) is 0 Å². The monoisotopic (exact) mass is 918 g/mol. The van der Waals surface area contributed by atoms with Crippen LogP contribution < -0.4 is 11.0 Å². The van der Waals surface area contributed by atoms with E-state index in [0.717, 1.165) is 86.9 Å². The third kappa shape index (κ3) is 5.79. The van der Waals surface area contributed by atoms with Crippen LogP contribution in [0.25, 0.3) is 64.6 Å². The number of amidine groups is 4. The summed E-state index contributed by atoms with van der Waals surface area (Å²) >= 11 is 0. The molecule has 322 valence electrons. The molecule has 67 heavy (non-hydrogen) atoms. The van der Waals surface area contributed by atoms with Crippen molar-refractivity contribution in [3.63, 3.8) is 0 Å². The summed E-state index contributed by atoms with van der Waals surface area (Å²) in [6.45, 7) is 13.4. The first kappa shape index (κ1) is 38.9. The van der Waals surface area contributed by atoms with Gasteiger partial charge in [0.2, 0.25) is 0 Å². The van der Waals surface area contributed by atoms with E-state index in [4.69, 9.17) is 38.2 Å². The molecule has 0 radical (unpaired) electrons. The van der Waals surface area contributed by atoms with E-state index >= 15 is 0 Å². The van der Waals surface area contributed by atoms with Crippen molar-refractivity contribution in [2.75, 3.05) is 0 Å². The van der Waals surface area contributed by atoms with Gasteiger partial charge in [0, 0.05) is 43.8 Å². The molecule has 0 fully saturated rings. The molecule has 0 spiro atoms. The summed E-state index contributed by atoms with van der Waals surface area (Å²) in [6.07, 6.45) is 0. The molecular formula is C54H42N8O2Si3. The molecule has 6 heterocycles. The van der Waals surface area contributed by atoms with Gasteiger partial charge < -0.3 is 8.23 Å². The van der Waals surface area contributed by atoms with Gasteiger partial charge in [-0.15, -0.1) is 0 Å². The fourth-order valence-corrected chi connectivity index (χ4v) is 20.7. The summed E-state index contributed by atoms with van der Waals surface area (Å²) in [5, 5.41) is 12.4. The standard InChI is InChI=1S/C54H42N8O2Si3/c1-65(2,3)63-67(64-66(4,5)6)61-51-43-27-35-19-11-12-20-36(35)28-44(43)53(61)59-49-41-25-33-17-9-10-18-34(33)26-42(41)50(56-49)60-54-46-30-38-22-14-13-21-37(38)29-45(46)52(62(54)67)58-48-40-24-32-16-8-7-15-31(32)23-39(40)47(55-48)57-51/h7-30H,1-6H3/b57-47-,57-51?,58-48?,58-52-,59-49-,59-53?,60-50?,60-54-. The Morgan fingerprint density at radius 3 is 0.940 bits per heavy atom. The van der Waals surface area contributed by atoms with Crippen molar-refractivity contribution < 1.29 is 8.23 Å². The van der Waals surface area contributed by atoms with Gasteiger partial charge in [0.25, 0.3) is 0 Å². The predicted octanol–water partition coefficient (Wildman–Crippen LogP) is 11.7. The number of rotatable bonds is 4. The molecule has 0 atom stereocenters. The molecular weight excluding hydrogens is 877 g/mol. The fourth-order valence-electron chi connectivity index (χ4n) is 10.4. The lowest BCUT2D eigenvalue weighted by Gasteiger charge is -2.41. The maximum Gasteiger partial charge on any atom is 0.582 e. The molecule has 6 bridgehead atoms. The van der Waals surface area contributed by atoms with Gasteiger partial charge in [0.15, 0.2) is 40.0 Å². The highest BCUT2D eigenvalue weighted by atomic mass is 28.5. The highest BCUT2D eigenvalue weighted by molar-refractivity contribution is 6.87. The van der Waals surface area contributed by atoms with Crippen LogP contribution in [0.15, 0.2) is 176 Å². The second-order valence-corrected chi connectivity index (χ2v) is 32.0. The first-order valence-electron chi connectivity index (χ1n) is 22.8. The van der Waals surface area contributed by atoms with Crippen LogP contribution in [0.5, 0.6) is 0 Å². The number of hydrogen-bond donors (Lipinski definition) is 0. The summed E-state index contributed by atoms with van der Waals surface area (Å²) in [5.41, 5.74) is 4.95. The molecule has 8 aromatic carbocycles. The number of aromatic nitrogens is 2. The number of fused-ring (bicyclic) bond motifs is 18. The second kappa shape index (κ2) is 13.4. The predicted molar refractivity (Wildman–Crippen MR) is 280 cm³/mol. The average Bonchev–Trinajstić information content (AvgIpc) is 3.99. The minimum absolute atomic E-state index is 0.571. The molecule has 0 amide bonds. The van der Waals surface area contributed by atoms with E-state index in [1.807, 2.05) is 0 Å². The number of nitrogens with zero attached hydrogens (tertiary/aromatic N) is 8. The summed E-state index contributed by atoms with van der Waals surface area (Å²) < 4.78 is 20.7. The first-order chi connectivity index (χ1) is 32.4. The first-order valence-corrected chi connectivity index (χ1v) is 31.3. The Morgan fingerprint density at radius 2 is 0.627 bits per heavy atom.